The maximum Gasteiger partial charge on any atom is 0.261 e. The lowest BCUT2D eigenvalue weighted by molar-refractivity contribution is 0.0730. The zero-order chi connectivity index (χ0) is 22.1. The molecule has 2 N–H and O–H groups in total. The molecule has 0 aromatic heterocycles. The van der Waals surface area contributed by atoms with Crippen molar-refractivity contribution < 1.29 is 26.4 Å². The van der Waals surface area contributed by atoms with Crippen molar-refractivity contribution in [2.45, 2.75) is 28.7 Å². The molecule has 31 heavy (non-hydrogen) atoms. The molecule has 1 aliphatic carbocycles. The minimum Gasteiger partial charge on any atom is -0.379 e. The lowest BCUT2D eigenvalue weighted by atomic mass is 10.1. The first-order valence-corrected chi connectivity index (χ1v) is 12.8. The number of morpholine rings is 1. The molecule has 11 heteroatoms. The van der Waals surface area contributed by atoms with Crippen LogP contribution in [-0.4, -0.2) is 59.4 Å². The number of amides is 1. The van der Waals surface area contributed by atoms with E-state index in [-0.39, 0.29) is 46.1 Å². The van der Waals surface area contributed by atoms with Crippen LogP contribution < -0.4 is 10.0 Å². The summed E-state index contributed by atoms with van der Waals surface area (Å²) in [7, 11) is -7.75. The fraction of sp³-hybridized carbons (Fsp3) is 0.350. The molecular formula is C20H23N3O6S2. The van der Waals surface area contributed by atoms with E-state index in [0.29, 0.717) is 13.2 Å². The summed E-state index contributed by atoms with van der Waals surface area (Å²) in [6.07, 6.45) is 1.83. The number of carbonyl (C=O) groups excluding carboxylic acids is 1. The number of nitrogens with one attached hydrogen (secondary N) is 2. The van der Waals surface area contributed by atoms with E-state index >= 15 is 0 Å². The summed E-state index contributed by atoms with van der Waals surface area (Å²) in [6, 6.07) is 11.5. The average molecular weight is 466 g/mol. The summed E-state index contributed by atoms with van der Waals surface area (Å²) in [5.41, 5.74) is 0.384. The molecule has 1 saturated carbocycles. The maximum atomic E-state index is 12.9. The molecule has 2 aliphatic rings. The van der Waals surface area contributed by atoms with Crippen LogP contribution in [-0.2, 0) is 24.8 Å². The monoisotopic (exact) mass is 465 g/mol. The second-order valence-electron chi connectivity index (χ2n) is 7.39. The summed E-state index contributed by atoms with van der Waals surface area (Å²) < 4.78 is 60.1. The van der Waals surface area contributed by atoms with Crippen molar-refractivity contribution in [2.24, 2.45) is 0 Å². The van der Waals surface area contributed by atoms with Gasteiger partial charge in [0, 0.05) is 19.1 Å². The summed E-state index contributed by atoms with van der Waals surface area (Å²) in [5, 5.41) is 2.84. The highest BCUT2D eigenvalue weighted by molar-refractivity contribution is 7.92. The van der Waals surface area contributed by atoms with Crippen LogP contribution in [0.15, 0.2) is 58.3 Å². The molecule has 1 amide bonds. The van der Waals surface area contributed by atoms with Crippen molar-refractivity contribution in [3.8, 4) is 0 Å². The lowest BCUT2D eigenvalue weighted by Crippen LogP contribution is -2.40. The largest absolute Gasteiger partial charge is 0.379 e. The van der Waals surface area contributed by atoms with Gasteiger partial charge in [-0.15, -0.1) is 0 Å². The minimum absolute atomic E-state index is 0.0116. The second kappa shape index (κ2) is 8.58. The SMILES string of the molecule is O=C(NC1CC1)c1ccccc1NS(=O)(=O)c1ccc(S(=O)(=O)N2CCOCC2)cc1. The van der Waals surface area contributed by atoms with Gasteiger partial charge in [-0.25, -0.2) is 16.8 Å². The Morgan fingerprint density at radius 2 is 1.52 bits per heavy atom. The third-order valence-corrected chi connectivity index (χ3v) is 8.36. The molecule has 1 aliphatic heterocycles. The number of hydrogen-bond donors (Lipinski definition) is 2. The normalized spacial score (nSPS) is 17.8. The van der Waals surface area contributed by atoms with Crippen molar-refractivity contribution in [3.63, 3.8) is 0 Å². The number of hydrogen-bond acceptors (Lipinski definition) is 6. The first-order chi connectivity index (χ1) is 14.8. The fourth-order valence-electron chi connectivity index (χ4n) is 3.19. The van der Waals surface area contributed by atoms with Gasteiger partial charge in [0.15, 0.2) is 0 Å². The van der Waals surface area contributed by atoms with Crippen LogP contribution in [0, 0.1) is 0 Å². The van der Waals surface area contributed by atoms with Crippen LogP contribution in [0.25, 0.3) is 0 Å². The number of sulfonamides is 2. The van der Waals surface area contributed by atoms with Crippen LogP contribution in [0.5, 0.6) is 0 Å². The van der Waals surface area contributed by atoms with E-state index < -0.39 is 20.0 Å². The molecular weight excluding hydrogens is 442 g/mol. The van der Waals surface area contributed by atoms with E-state index in [1.54, 1.807) is 18.2 Å². The molecule has 2 aromatic rings. The Labute approximate surface area is 181 Å². The van der Waals surface area contributed by atoms with Gasteiger partial charge in [0.25, 0.3) is 15.9 Å². The zero-order valence-corrected chi connectivity index (χ0v) is 18.3. The number of para-hydroxylation sites is 1. The minimum atomic E-state index is -4.03. The standard InChI is InChI=1S/C20H23N3O6S2/c24-20(21-15-5-6-15)18-3-1-2-4-19(18)22-30(25,26)16-7-9-17(10-8-16)31(27,28)23-11-13-29-14-12-23/h1-4,7-10,15,22H,5-6,11-14H2,(H,21,24). The number of carbonyl (C=O) groups is 1. The fourth-order valence-corrected chi connectivity index (χ4v) is 5.68. The highest BCUT2D eigenvalue weighted by Crippen LogP contribution is 2.24. The molecule has 0 radical (unpaired) electrons. The molecule has 1 heterocycles. The van der Waals surface area contributed by atoms with Gasteiger partial charge in [0.1, 0.15) is 0 Å². The topological polar surface area (TPSA) is 122 Å². The second-order valence-corrected chi connectivity index (χ2v) is 11.0. The van der Waals surface area contributed by atoms with Crippen molar-refractivity contribution in [1.29, 1.82) is 0 Å². The van der Waals surface area contributed by atoms with E-state index in [0.717, 1.165) is 12.8 Å². The molecule has 0 bridgehead atoms. The Morgan fingerprint density at radius 1 is 0.903 bits per heavy atom. The Bertz CT molecular complexity index is 1170. The number of nitrogens with zero attached hydrogens (tertiary/aromatic N) is 1. The number of rotatable bonds is 7. The van der Waals surface area contributed by atoms with Crippen molar-refractivity contribution >= 4 is 31.6 Å². The maximum absolute atomic E-state index is 12.9. The molecule has 4 rings (SSSR count). The smallest absolute Gasteiger partial charge is 0.261 e. The first-order valence-electron chi connectivity index (χ1n) is 9.88. The molecule has 166 valence electrons. The van der Waals surface area contributed by atoms with Gasteiger partial charge in [-0.3, -0.25) is 9.52 Å². The average Bonchev–Trinajstić information content (AvgIpc) is 3.58. The van der Waals surface area contributed by atoms with Crippen molar-refractivity contribution in [1.82, 2.24) is 9.62 Å². The van der Waals surface area contributed by atoms with Crippen LogP contribution in [0.3, 0.4) is 0 Å². The van der Waals surface area contributed by atoms with E-state index in [2.05, 4.69) is 10.0 Å². The van der Waals surface area contributed by atoms with Gasteiger partial charge in [0.05, 0.1) is 34.3 Å². The molecule has 2 fully saturated rings. The lowest BCUT2D eigenvalue weighted by Gasteiger charge is -2.26. The molecule has 1 saturated heterocycles. The number of benzene rings is 2. The van der Waals surface area contributed by atoms with Gasteiger partial charge in [0.2, 0.25) is 10.0 Å². The van der Waals surface area contributed by atoms with Crippen LogP contribution in [0.2, 0.25) is 0 Å². The van der Waals surface area contributed by atoms with Crippen LogP contribution in [0.1, 0.15) is 23.2 Å². The molecule has 2 aromatic carbocycles. The summed E-state index contributed by atoms with van der Waals surface area (Å²) in [5.74, 6) is -0.340. The third-order valence-electron chi connectivity index (χ3n) is 5.07. The summed E-state index contributed by atoms with van der Waals surface area (Å²) in [6.45, 7) is 1.15. The number of anilines is 1. The highest BCUT2D eigenvalue weighted by Gasteiger charge is 2.28. The van der Waals surface area contributed by atoms with Gasteiger partial charge >= 0.3 is 0 Å². The molecule has 0 atom stereocenters. The van der Waals surface area contributed by atoms with E-state index in [1.165, 1.54) is 34.6 Å². The van der Waals surface area contributed by atoms with E-state index in [4.69, 9.17) is 4.74 Å². The highest BCUT2D eigenvalue weighted by atomic mass is 32.2. The van der Waals surface area contributed by atoms with Gasteiger partial charge in [-0.1, -0.05) is 12.1 Å². The quantitative estimate of drug-likeness (QED) is 0.638. The zero-order valence-electron chi connectivity index (χ0n) is 16.7. The van der Waals surface area contributed by atoms with Gasteiger partial charge in [-0.05, 0) is 49.2 Å². The summed E-state index contributed by atoms with van der Waals surface area (Å²) >= 11 is 0. The Morgan fingerprint density at radius 3 is 2.16 bits per heavy atom. The third kappa shape index (κ3) is 4.90. The van der Waals surface area contributed by atoms with Gasteiger partial charge < -0.3 is 10.1 Å². The van der Waals surface area contributed by atoms with Crippen molar-refractivity contribution in [3.05, 3.63) is 54.1 Å². The van der Waals surface area contributed by atoms with Crippen LogP contribution in [0.4, 0.5) is 5.69 Å². The van der Waals surface area contributed by atoms with Crippen molar-refractivity contribution in [2.75, 3.05) is 31.0 Å². The Balaban J connectivity index is 1.54. The number of ether oxygens (including phenoxy) is 1. The van der Waals surface area contributed by atoms with E-state index in [9.17, 15) is 21.6 Å². The van der Waals surface area contributed by atoms with Crippen LogP contribution >= 0.6 is 0 Å². The Hall–Kier alpha value is -2.47. The molecule has 0 spiro atoms. The summed E-state index contributed by atoms with van der Waals surface area (Å²) in [4.78, 5) is 12.3. The van der Waals surface area contributed by atoms with E-state index in [1.807, 2.05) is 0 Å². The van der Waals surface area contributed by atoms with Gasteiger partial charge in [-0.2, -0.15) is 4.31 Å². The first kappa shape index (κ1) is 21.8. The molecule has 9 nitrogen and oxygen atoms in total. The predicted octanol–water partition coefficient (Wildman–Crippen LogP) is 1.40. The predicted molar refractivity (Wildman–Crippen MR) is 114 cm³/mol. The molecule has 0 unspecified atom stereocenters. The Kier molecular flexibility index (Phi) is 6.02.